The van der Waals surface area contributed by atoms with Gasteiger partial charge in [0.25, 0.3) is 0 Å². The molecule has 1 amide bonds. The fraction of sp³-hybridized carbons (Fsp3) is 0.158. The molecular weight excluding hydrogens is 330 g/mol. The lowest BCUT2D eigenvalue weighted by Crippen LogP contribution is -2.27. The molecule has 1 atom stereocenters. The van der Waals surface area contributed by atoms with Crippen molar-refractivity contribution in [3.05, 3.63) is 76.9 Å². The van der Waals surface area contributed by atoms with E-state index >= 15 is 0 Å². The Kier molecular flexibility index (Phi) is 3.76. The first-order valence-electron chi connectivity index (χ1n) is 8.20. The maximum Gasteiger partial charge on any atom is 0.406 e. The van der Waals surface area contributed by atoms with Gasteiger partial charge < -0.3 is 5.11 Å². The van der Waals surface area contributed by atoms with Crippen LogP contribution in [0, 0.1) is 13.8 Å². The third kappa shape index (κ3) is 2.63. The Morgan fingerprint density at radius 3 is 2.62 bits per heavy atom. The molecule has 26 heavy (non-hydrogen) atoms. The van der Waals surface area contributed by atoms with Gasteiger partial charge in [-0.2, -0.15) is 0 Å². The molecule has 0 saturated heterocycles. The van der Waals surface area contributed by atoms with Crippen molar-refractivity contribution < 1.29 is 9.90 Å². The summed E-state index contributed by atoms with van der Waals surface area (Å²) in [5.41, 5.74) is 4.50. The van der Waals surface area contributed by atoms with Gasteiger partial charge in [-0.05, 0) is 25.5 Å². The van der Waals surface area contributed by atoms with Crippen molar-refractivity contribution in [1.82, 2.24) is 20.1 Å². The van der Waals surface area contributed by atoms with Crippen LogP contribution in [0.3, 0.4) is 0 Å². The largest absolute Gasteiger partial charge is 0.465 e. The second-order valence-corrected chi connectivity index (χ2v) is 6.16. The molecule has 0 fully saturated rings. The van der Waals surface area contributed by atoms with Crippen LogP contribution in [0.25, 0.3) is 5.69 Å². The molecule has 4 rings (SSSR count). The fourth-order valence-corrected chi connectivity index (χ4v) is 3.18. The molecule has 1 aliphatic heterocycles. The zero-order chi connectivity index (χ0) is 18.3. The van der Waals surface area contributed by atoms with Crippen LogP contribution in [0.1, 0.15) is 34.5 Å². The minimum atomic E-state index is -1.17. The molecule has 1 aliphatic rings. The predicted octanol–water partition coefficient (Wildman–Crippen LogP) is 3.00. The van der Waals surface area contributed by atoms with E-state index in [2.05, 4.69) is 15.5 Å². The number of rotatable bonds is 2. The van der Waals surface area contributed by atoms with Gasteiger partial charge in [0, 0.05) is 11.1 Å². The summed E-state index contributed by atoms with van der Waals surface area (Å²) in [5.74, 6) is 1.12. The van der Waals surface area contributed by atoms with Gasteiger partial charge in [0.05, 0.1) is 11.4 Å². The number of hydrogen-bond donors (Lipinski definition) is 2. The van der Waals surface area contributed by atoms with Crippen LogP contribution >= 0.6 is 0 Å². The number of aromatic nitrogens is 3. The fourth-order valence-electron chi connectivity index (χ4n) is 3.18. The summed E-state index contributed by atoms with van der Waals surface area (Å²) in [4.78, 5) is 16.0. The van der Waals surface area contributed by atoms with Crippen molar-refractivity contribution in [3.8, 4) is 5.69 Å². The first-order valence-corrected chi connectivity index (χ1v) is 8.20. The number of nitrogens with one attached hydrogen (secondary N) is 1. The number of carbonyl (C=O) groups is 1. The third-order valence-corrected chi connectivity index (χ3v) is 4.31. The molecule has 0 radical (unpaired) electrons. The number of fused-ring (bicyclic) bond motifs is 3. The van der Waals surface area contributed by atoms with E-state index in [-0.39, 0.29) is 0 Å². The lowest BCUT2D eigenvalue weighted by atomic mass is 9.99. The van der Waals surface area contributed by atoms with E-state index in [0.29, 0.717) is 17.4 Å². The number of aryl methyl sites for hydroxylation is 2. The molecule has 0 aliphatic carbocycles. The van der Waals surface area contributed by atoms with Crippen molar-refractivity contribution in [1.29, 1.82) is 0 Å². The number of carboxylic acid groups (broad SMARTS) is 1. The Balaban J connectivity index is 2.03. The van der Waals surface area contributed by atoms with Gasteiger partial charge in [-0.25, -0.2) is 4.79 Å². The minimum Gasteiger partial charge on any atom is -0.465 e. The van der Waals surface area contributed by atoms with E-state index in [1.54, 1.807) is 0 Å². The maximum atomic E-state index is 11.3. The van der Waals surface area contributed by atoms with Gasteiger partial charge in [0.15, 0.2) is 12.0 Å². The number of hydrogen-bond acceptors (Lipinski definition) is 4. The highest BCUT2D eigenvalue weighted by atomic mass is 16.4. The van der Waals surface area contributed by atoms with E-state index in [1.165, 1.54) is 0 Å². The van der Waals surface area contributed by atoms with Crippen molar-refractivity contribution in [2.24, 2.45) is 4.99 Å². The normalized spacial score (nSPS) is 15.5. The molecule has 2 N–H and O–H groups in total. The Labute approximate surface area is 150 Å². The van der Waals surface area contributed by atoms with Crippen LogP contribution < -0.4 is 5.32 Å². The van der Waals surface area contributed by atoms with Crippen LogP contribution in [0.2, 0.25) is 0 Å². The summed E-state index contributed by atoms with van der Waals surface area (Å²) in [7, 11) is 0. The van der Waals surface area contributed by atoms with Gasteiger partial charge in [-0.1, -0.05) is 42.5 Å². The summed E-state index contributed by atoms with van der Waals surface area (Å²) in [6.45, 7) is 3.85. The number of aliphatic imine (C=N–C) groups is 1. The second-order valence-electron chi connectivity index (χ2n) is 6.16. The SMILES string of the molecule is Cc1ccc2c(c1)-n1c(C)nnc1C(NC(=O)O)N=C2c1ccccc1. The molecule has 0 saturated carbocycles. The molecule has 1 aromatic heterocycles. The molecule has 0 spiro atoms. The van der Waals surface area contributed by atoms with Crippen molar-refractivity contribution in [2.75, 3.05) is 0 Å². The Morgan fingerprint density at radius 2 is 1.88 bits per heavy atom. The lowest BCUT2D eigenvalue weighted by Gasteiger charge is -2.13. The highest BCUT2D eigenvalue weighted by Crippen LogP contribution is 2.30. The van der Waals surface area contributed by atoms with Crippen LogP contribution in [-0.2, 0) is 0 Å². The van der Waals surface area contributed by atoms with Crippen molar-refractivity contribution >= 4 is 11.8 Å². The van der Waals surface area contributed by atoms with Gasteiger partial charge in [-0.15, -0.1) is 10.2 Å². The number of nitrogens with zero attached hydrogens (tertiary/aromatic N) is 4. The topological polar surface area (TPSA) is 92.4 Å². The maximum absolute atomic E-state index is 11.3. The standard InChI is InChI=1S/C19H17N5O2/c1-11-8-9-14-15(10-11)24-12(2)22-23-18(24)17(21-19(25)26)20-16(14)13-6-4-3-5-7-13/h3-10,17,21H,1-2H3,(H,25,26). The van der Waals surface area contributed by atoms with Crippen LogP contribution in [0.4, 0.5) is 4.79 Å². The van der Waals surface area contributed by atoms with Gasteiger partial charge >= 0.3 is 6.09 Å². The van der Waals surface area contributed by atoms with Crippen LogP contribution in [-0.4, -0.2) is 31.7 Å². The zero-order valence-electron chi connectivity index (χ0n) is 14.3. The van der Waals surface area contributed by atoms with Gasteiger partial charge in [0.2, 0.25) is 0 Å². The Morgan fingerprint density at radius 1 is 1.12 bits per heavy atom. The van der Waals surface area contributed by atoms with Crippen molar-refractivity contribution in [3.63, 3.8) is 0 Å². The molecule has 130 valence electrons. The van der Waals surface area contributed by atoms with E-state index < -0.39 is 12.3 Å². The first kappa shape index (κ1) is 16.0. The van der Waals surface area contributed by atoms with E-state index in [0.717, 1.165) is 22.4 Å². The van der Waals surface area contributed by atoms with E-state index in [4.69, 9.17) is 4.99 Å². The number of amides is 1. The summed E-state index contributed by atoms with van der Waals surface area (Å²) in [6, 6.07) is 15.8. The summed E-state index contributed by atoms with van der Waals surface area (Å²) in [5, 5.41) is 20.0. The highest BCUT2D eigenvalue weighted by molar-refractivity contribution is 6.15. The molecule has 0 bridgehead atoms. The predicted molar refractivity (Wildman–Crippen MR) is 96.8 cm³/mol. The zero-order valence-corrected chi connectivity index (χ0v) is 14.3. The Hall–Kier alpha value is -3.48. The molecule has 1 unspecified atom stereocenters. The minimum absolute atomic E-state index is 0.447. The van der Waals surface area contributed by atoms with Crippen LogP contribution in [0.15, 0.2) is 53.5 Å². The lowest BCUT2D eigenvalue weighted by molar-refractivity contribution is 0.189. The average Bonchev–Trinajstić information content (AvgIpc) is 2.94. The van der Waals surface area contributed by atoms with Crippen LogP contribution in [0.5, 0.6) is 0 Å². The quantitative estimate of drug-likeness (QED) is 0.745. The first-order chi connectivity index (χ1) is 12.5. The molecule has 2 aromatic carbocycles. The molecule has 2 heterocycles. The molecule has 7 nitrogen and oxygen atoms in total. The van der Waals surface area contributed by atoms with E-state index in [9.17, 15) is 9.90 Å². The van der Waals surface area contributed by atoms with Crippen molar-refractivity contribution in [2.45, 2.75) is 20.0 Å². The third-order valence-electron chi connectivity index (χ3n) is 4.31. The van der Waals surface area contributed by atoms with Gasteiger partial charge in [-0.3, -0.25) is 14.9 Å². The number of benzene rings is 2. The average molecular weight is 347 g/mol. The smallest absolute Gasteiger partial charge is 0.406 e. The van der Waals surface area contributed by atoms with E-state index in [1.807, 2.05) is 66.9 Å². The summed E-state index contributed by atoms with van der Waals surface area (Å²) >= 11 is 0. The second kappa shape index (κ2) is 6.11. The van der Waals surface area contributed by atoms with Gasteiger partial charge in [0.1, 0.15) is 5.82 Å². The summed E-state index contributed by atoms with van der Waals surface area (Å²) < 4.78 is 1.86. The summed E-state index contributed by atoms with van der Waals surface area (Å²) in [6.07, 6.45) is -2.02. The highest BCUT2D eigenvalue weighted by Gasteiger charge is 2.29. The monoisotopic (exact) mass is 347 g/mol. The molecule has 7 heteroatoms. The Bertz CT molecular complexity index is 1020. The molecule has 3 aromatic rings. The molecular formula is C19H17N5O2.